The number of halogens is 1. The van der Waals surface area contributed by atoms with E-state index in [9.17, 15) is 0 Å². The smallest absolute Gasteiger partial charge is 0.0431 e. The van der Waals surface area contributed by atoms with Gasteiger partial charge in [0.15, 0.2) is 0 Å². The van der Waals surface area contributed by atoms with Gasteiger partial charge in [-0.3, -0.25) is 0 Å². The molecule has 0 nitrogen and oxygen atoms in total. The van der Waals surface area contributed by atoms with Crippen LogP contribution < -0.4 is 0 Å². The third kappa shape index (κ3) is 2.03. The number of rotatable bonds is 0. The van der Waals surface area contributed by atoms with Crippen LogP contribution in [0.15, 0.2) is 34.9 Å². The molecule has 0 radical (unpaired) electrons. The van der Waals surface area contributed by atoms with E-state index in [0.717, 1.165) is 23.4 Å². The molecule has 0 atom stereocenters. The first kappa shape index (κ1) is 7.62. The molecule has 0 spiro atoms. The Balaban J connectivity index is 2.84. The predicted octanol–water partition coefficient (Wildman–Crippen LogP) is 3.41. The molecule has 54 valence electrons. The van der Waals surface area contributed by atoms with Crippen LogP contribution in [0.5, 0.6) is 0 Å². The van der Waals surface area contributed by atoms with Crippen molar-refractivity contribution in [3.05, 3.63) is 34.9 Å². The van der Waals surface area contributed by atoms with Crippen LogP contribution in [0.4, 0.5) is 0 Å². The molecule has 0 saturated heterocycles. The van der Waals surface area contributed by atoms with Crippen LogP contribution in [0.2, 0.25) is 0 Å². The largest absolute Gasteiger partial charge is 0.0841 e. The van der Waals surface area contributed by atoms with Crippen LogP contribution >= 0.6 is 11.6 Å². The van der Waals surface area contributed by atoms with Gasteiger partial charge in [0.2, 0.25) is 0 Å². The first-order valence-corrected chi connectivity index (χ1v) is 3.88. The number of hydrogen-bond acceptors (Lipinski definition) is 0. The maximum Gasteiger partial charge on any atom is 0.0431 e. The molecule has 10 heavy (non-hydrogen) atoms. The van der Waals surface area contributed by atoms with Crippen LogP contribution in [0.25, 0.3) is 0 Å². The Bertz CT molecular complexity index is 175. The minimum Gasteiger partial charge on any atom is -0.0841 e. The number of hydrogen-bond donors (Lipinski definition) is 0. The van der Waals surface area contributed by atoms with Gasteiger partial charge in [-0.2, -0.15) is 0 Å². The quantitative estimate of drug-likeness (QED) is 0.502. The molecule has 0 heterocycles. The summed E-state index contributed by atoms with van der Waals surface area (Å²) < 4.78 is 0. The standard InChI is InChI=1S/C9H11Cl/c1-8-6-4-2-3-5-7-9(8)10/h4-7H,2-3H2,1H3/b6-4?,7-5-,9-8?. The van der Waals surface area contributed by atoms with Gasteiger partial charge in [-0.05, 0) is 31.4 Å². The molecule has 0 aromatic heterocycles. The Morgan fingerprint density at radius 2 is 1.80 bits per heavy atom. The molecule has 0 bridgehead atoms. The van der Waals surface area contributed by atoms with Gasteiger partial charge < -0.3 is 0 Å². The SMILES string of the molecule is CC1=C(Cl)/C=C\CCC=C1. The van der Waals surface area contributed by atoms with Gasteiger partial charge in [-0.15, -0.1) is 0 Å². The van der Waals surface area contributed by atoms with Crippen molar-refractivity contribution in [2.45, 2.75) is 19.8 Å². The Kier molecular flexibility index (Phi) is 2.76. The van der Waals surface area contributed by atoms with Crippen molar-refractivity contribution in [3.8, 4) is 0 Å². The van der Waals surface area contributed by atoms with E-state index in [4.69, 9.17) is 11.6 Å². The molecule has 0 unspecified atom stereocenters. The lowest BCUT2D eigenvalue weighted by atomic mass is 10.1. The highest BCUT2D eigenvalue weighted by atomic mass is 35.5. The summed E-state index contributed by atoms with van der Waals surface area (Å²) in [6.45, 7) is 2.02. The highest BCUT2D eigenvalue weighted by Crippen LogP contribution is 2.15. The zero-order chi connectivity index (χ0) is 7.40. The molecule has 0 aromatic rings. The summed E-state index contributed by atoms with van der Waals surface area (Å²) in [6, 6.07) is 0. The molecule has 0 amide bonds. The summed E-state index contributed by atoms with van der Waals surface area (Å²) in [7, 11) is 0. The minimum atomic E-state index is 0.857. The van der Waals surface area contributed by atoms with E-state index in [0.29, 0.717) is 0 Å². The molecular weight excluding hydrogens is 144 g/mol. The molecule has 1 heteroatoms. The Hall–Kier alpha value is -0.490. The van der Waals surface area contributed by atoms with Gasteiger partial charge in [-0.1, -0.05) is 29.8 Å². The van der Waals surface area contributed by atoms with Crippen LogP contribution in [0.3, 0.4) is 0 Å². The van der Waals surface area contributed by atoms with E-state index < -0.39 is 0 Å². The van der Waals surface area contributed by atoms with Crippen LogP contribution in [-0.2, 0) is 0 Å². The minimum absolute atomic E-state index is 0.857. The molecule has 0 fully saturated rings. The van der Waals surface area contributed by atoms with Crippen LogP contribution in [-0.4, -0.2) is 0 Å². The first-order valence-electron chi connectivity index (χ1n) is 3.50. The lowest BCUT2D eigenvalue weighted by Gasteiger charge is -1.98. The summed E-state index contributed by atoms with van der Waals surface area (Å²) in [5, 5.41) is 0.857. The molecule has 0 N–H and O–H groups in total. The first-order chi connectivity index (χ1) is 4.80. The summed E-state index contributed by atoms with van der Waals surface area (Å²) in [4.78, 5) is 0. The van der Waals surface area contributed by atoms with Crippen molar-refractivity contribution in [2.24, 2.45) is 0 Å². The van der Waals surface area contributed by atoms with Gasteiger partial charge in [-0.25, -0.2) is 0 Å². The molecule has 1 rings (SSSR count). The fraction of sp³-hybridized carbons (Fsp3) is 0.333. The Labute approximate surface area is 66.9 Å². The summed E-state index contributed by atoms with van der Waals surface area (Å²) in [5.74, 6) is 0. The zero-order valence-corrected chi connectivity index (χ0v) is 6.86. The topological polar surface area (TPSA) is 0 Å². The van der Waals surface area contributed by atoms with Crippen LogP contribution in [0.1, 0.15) is 19.8 Å². The van der Waals surface area contributed by atoms with Gasteiger partial charge in [0, 0.05) is 5.03 Å². The molecule has 0 aliphatic heterocycles. The highest BCUT2D eigenvalue weighted by molar-refractivity contribution is 6.31. The van der Waals surface area contributed by atoms with Gasteiger partial charge in [0.25, 0.3) is 0 Å². The highest BCUT2D eigenvalue weighted by Gasteiger charge is 1.92. The second-order valence-corrected chi connectivity index (χ2v) is 2.82. The van der Waals surface area contributed by atoms with E-state index in [2.05, 4.69) is 18.2 Å². The monoisotopic (exact) mass is 154 g/mol. The maximum atomic E-state index is 5.89. The van der Waals surface area contributed by atoms with Crippen molar-refractivity contribution in [1.82, 2.24) is 0 Å². The summed E-state index contributed by atoms with van der Waals surface area (Å²) in [5.41, 5.74) is 1.15. The lowest BCUT2D eigenvalue weighted by molar-refractivity contribution is 1.04. The fourth-order valence-electron chi connectivity index (χ4n) is 0.850. The predicted molar refractivity (Wildman–Crippen MR) is 46.1 cm³/mol. The number of allylic oxidation sites excluding steroid dienone is 6. The van der Waals surface area contributed by atoms with Gasteiger partial charge in [0.1, 0.15) is 0 Å². The van der Waals surface area contributed by atoms with Crippen molar-refractivity contribution < 1.29 is 0 Å². The maximum absolute atomic E-state index is 5.89. The Morgan fingerprint density at radius 3 is 2.50 bits per heavy atom. The third-order valence-corrected chi connectivity index (χ3v) is 1.93. The second-order valence-electron chi connectivity index (χ2n) is 2.41. The average Bonchev–Trinajstić information content (AvgIpc) is 1.92. The second kappa shape index (κ2) is 3.62. The molecule has 0 aromatic carbocycles. The lowest BCUT2D eigenvalue weighted by Crippen LogP contribution is -1.77. The normalized spacial score (nSPS) is 22.2. The van der Waals surface area contributed by atoms with Crippen LogP contribution in [0, 0.1) is 0 Å². The zero-order valence-electron chi connectivity index (χ0n) is 6.10. The molecular formula is C9H11Cl. The van der Waals surface area contributed by atoms with Gasteiger partial charge in [0.05, 0.1) is 0 Å². The van der Waals surface area contributed by atoms with Crippen molar-refractivity contribution in [1.29, 1.82) is 0 Å². The molecule has 0 saturated carbocycles. The molecule has 1 aliphatic rings. The van der Waals surface area contributed by atoms with E-state index in [1.165, 1.54) is 0 Å². The van der Waals surface area contributed by atoms with Gasteiger partial charge >= 0.3 is 0 Å². The Morgan fingerprint density at radius 1 is 1.20 bits per heavy atom. The van der Waals surface area contributed by atoms with Crippen molar-refractivity contribution in [2.75, 3.05) is 0 Å². The van der Waals surface area contributed by atoms with Crippen molar-refractivity contribution >= 4 is 11.6 Å². The van der Waals surface area contributed by atoms with E-state index in [1.54, 1.807) is 0 Å². The third-order valence-electron chi connectivity index (χ3n) is 1.51. The summed E-state index contributed by atoms with van der Waals surface area (Å²) >= 11 is 5.89. The van der Waals surface area contributed by atoms with E-state index >= 15 is 0 Å². The van der Waals surface area contributed by atoms with Crippen molar-refractivity contribution in [3.63, 3.8) is 0 Å². The summed E-state index contributed by atoms with van der Waals surface area (Å²) in [6.07, 6.45) is 10.5. The fourth-order valence-corrected chi connectivity index (χ4v) is 1.00. The average molecular weight is 155 g/mol. The van der Waals surface area contributed by atoms with E-state index in [-0.39, 0.29) is 0 Å². The van der Waals surface area contributed by atoms with E-state index in [1.807, 2.05) is 13.0 Å². The molecule has 1 aliphatic carbocycles.